The molecular weight excluding hydrogens is 256 g/mol. The summed E-state index contributed by atoms with van der Waals surface area (Å²) in [6.45, 7) is 13.8. The number of aryl methyl sites for hydroxylation is 1. The Bertz CT molecular complexity index is 473. The zero-order valence-corrected chi connectivity index (χ0v) is 14.4. The Morgan fingerprint density at radius 2 is 2.05 bits per heavy atom. The van der Waals surface area contributed by atoms with Gasteiger partial charge in [0.1, 0.15) is 0 Å². The summed E-state index contributed by atoms with van der Waals surface area (Å²) in [5.74, 6) is 0.797. The van der Waals surface area contributed by atoms with Gasteiger partial charge in [0.25, 0.3) is 0 Å². The fourth-order valence-corrected chi connectivity index (χ4v) is 3.23. The number of hydrogen-bond acceptors (Lipinski definition) is 2. The van der Waals surface area contributed by atoms with Crippen molar-refractivity contribution >= 4 is 5.69 Å². The van der Waals surface area contributed by atoms with E-state index in [1.54, 1.807) is 0 Å². The number of rotatable bonds is 4. The van der Waals surface area contributed by atoms with Crippen LogP contribution in [0.4, 0.5) is 5.69 Å². The second-order valence-corrected chi connectivity index (χ2v) is 7.78. The van der Waals surface area contributed by atoms with Crippen molar-refractivity contribution in [2.75, 3.05) is 18.0 Å². The minimum Gasteiger partial charge on any atom is -0.371 e. The molecule has 0 aliphatic carbocycles. The standard InChI is InChI=1S/C19H32N2/c1-6-17(20)12-15-7-8-18(11-14(15)2)21-10-9-16(13-21)19(3,4)5/h7-8,11,16-17H,6,9-10,12-13,20H2,1-5H3. The summed E-state index contributed by atoms with van der Waals surface area (Å²) < 4.78 is 0. The molecule has 0 spiro atoms. The molecule has 1 fully saturated rings. The molecule has 0 saturated carbocycles. The maximum atomic E-state index is 6.09. The van der Waals surface area contributed by atoms with Crippen molar-refractivity contribution in [2.45, 2.75) is 59.9 Å². The van der Waals surface area contributed by atoms with Gasteiger partial charge in [0.2, 0.25) is 0 Å². The van der Waals surface area contributed by atoms with Gasteiger partial charge in [-0.25, -0.2) is 0 Å². The Hall–Kier alpha value is -1.02. The van der Waals surface area contributed by atoms with Gasteiger partial charge >= 0.3 is 0 Å². The molecule has 1 aromatic rings. The highest BCUT2D eigenvalue weighted by Gasteiger charge is 2.31. The SMILES string of the molecule is CCC(N)Cc1ccc(N2CCC(C(C)(C)C)C2)cc1C. The van der Waals surface area contributed by atoms with E-state index in [9.17, 15) is 0 Å². The maximum Gasteiger partial charge on any atom is 0.0369 e. The third kappa shape index (κ3) is 4.00. The van der Waals surface area contributed by atoms with Gasteiger partial charge in [0, 0.05) is 24.8 Å². The molecule has 2 nitrogen and oxygen atoms in total. The number of anilines is 1. The fourth-order valence-electron chi connectivity index (χ4n) is 3.23. The van der Waals surface area contributed by atoms with E-state index in [2.05, 4.69) is 57.7 Å². The van der Waals surface area contributed by atoms with Gasteiger partial charge in [-0.2, -0.15) is 0 Å². The van der Waals surface area contributed by atoms with E-state index in [1.807, 2.05) is 0 Å². The van der Waals surface area contributed by atoms with Crippen molar-refractivity contribution in [3.8, 4) is 0 Å². The zero-order chi connectivity index (χ0) is 15.6. The normalized spacial score (nSPS) is 20.9. The van der Waals surface area contributed by atoms with Crippen LogP contribution in [-0.2, 0) is 6.42 Å². The monoisotopic (exact) mass is 288 g/mol. The summed E-state index contributed by atoms with van der Waals surface area (Å²) in [5, 5.41) is 0. The molecule has 0 radical (unpaired) electrons. The summed E-state index contributed by atoms with van der Waals surface area (Å²) in [7, 11) is 0. The first-order chi connectivity index (χ1) is 9.81. The van der Waals surface area contributed by atoms with Crippen LogP contribution in [0.2, 0.25) is 0 Å². The van der Waals surface area contributed by atoms with Gasteiger partial charge in [-0.3, -0.25) is 0 Å². The Morgan fingerprint density at radius 1 is 1.33 bits per heavy atom. The summed E-state index contributed by atoms with van der Waals surface area (Å²) in [4.78, 5) is 2.55. The lowest BCUT2D eigenvalue weighted by atomic mass is 9.80. The van der Waals surface area contributed by atoms with Crippen molar-refractivity contribution in [3.63, 3.8) is 0 Å². The predicted octanol–water partition coefficient (Wildman–Crippen LogP) is 4.15. The van der Waals surface area contributed by atoms with Crippen molar-refractivity contribution in [3.05, 3.63) is 29.3 Å². The molecule has 2 N–H and O–H groups in total. The van der Waals surface area contributed by atoms with Crippen LogP contribution >= 0.6 is 0 Å². The van der Waals surface area contributed by atoms with E-state index in [-0.39, 0.29) is 6.04 Å². The van der Waals surface area contributed by atoms with Gasteiger partial charge in [0.15, 0.2) is 0 Å². The lowest BCUT2D eigenvalue weighted by Gasteiger charge is -2.27. The topological polar surface area (TPSA) is 29.3 Å². The highest BCUT2D eigenvalue weighted by molar-refractivity contribution is 5.51. The molecule has 1 aliphatic rings. The van der Waals surface area contributed by atoms with Gasteiger partial charge in [-0.1, -0.05) is 33.8 Å². The molecule has 1 aliphatic heterocycles. The van der Waals surface area contributed by atoms with Gasteiger partial charge in [0.05, 0.1) is 0 Å². The predicted molar refractivity (Wildman–Crippen MR) is 92.9 cm³/mol. The van der Waals surface area contributed by atoms with E-state index in [1.165, 1.54) is 36.3 Å². The molecule has 1 aromatic carbocycles. The second kappa shape index (κ2) is 6.39. The van der Waals surface area contributed by atoms with Gasteiger partial charge in [-0.15, -0.1) is 0 Å². The third-order valence-corrected chi connectivity index (χ3v) is 5.11. The number of nitrogens with zero attached hydrogens (tertiary/aromatic N) is 1. The van der Waals surface area contributed by atoms with Crippen LogP contribution in [-0.4, -0.2) is 19.1 Å². The lowest BCUT2D eigenvalue weighted by Crippen LogP contribution is -2.26. The van der Waals surface area contributed by atoms with Crippen LogP contribution in [0, 0.1) is 18.3 Å². The lowest BCUT2D eigenvalue weighted by molar-refractivity contribution is 0.263. The number of hydrogen-bond donors (Lipinski definition) is 1. The molecule has 21 heavy (non-hydrogen) atoms. The fraction of sp³-hybridized carbons (Fsp3) is 0.684. The van der Waals surface area contributed by atoms with Crippen molar-refractivity contribution < 1.29 is 0 Å². The highest BCUT2D eigenvalue weighted by atomic mass is 15.2. The van der Waals surface area contributed by atoms with Gasteiger partial charge in [-0.05, 0) is 60.8 Å². The molecule has 2 unspecified atom stereocenters. The quantitative estimate of drug-likeness (QED) is 0.902. The summed E-state index contributed by atoms with van der Waals surface area (Å²) >= 11 is 0. The van der Waals surface area contributed by atoms with Crippen molar-refractivity contribution in [1.29, 1.82) is 0 Å². The Morgan fingerprint density at radius 3 is 2.57 bits per heavy atom. The first-order valence-corrected chi connectivity index (χ1v) is 8.41. The Kier molecular flexibility index (Phi) is 4.98. The van der Waals surface area contributed by atoms with Crippen molar-refractivity contribution in [1.82, 2.24) is 0 Å². The zero-order valence-electron chi connectivity index (χ0n) is 14.4. The molecule has 0 amide bonds. The first-order valence-electron chi connectivity index (χ1n) is 8.41. The van der Waals surface area contributed by atoms with E-state index < -0.39 is 0 Å². The average molecular weight is 288 g/mol. The highest BCUT2D eigenvalue weighted by Crippen LogP contribution is 2.36. The average Bonchev–Trinajstić information content (AvgIpc) is 2.90. The first kappa shape index (κ1) is 16.4. The van der Waals surface area contributed by atoms with E-state index >= 15 is 0 Å². The molecule has 2 rings (SSSR count). The molecular formula is C19H32N2. The minimum absolute atomic E-state index is 0.284. The molecule has 0 bridgehead atoms. The number of nitrogens with two attached hydrogens (primary N) is 1. The van der Waals surface area contributed by atoms with Crippen LogP contribution in [0.25, 0.3) is 0 Å². The largest absolute Gasteiger partial charge is 0.371 e. The van der Waals surface area contributed by atoms with Crippen LogP contribution in [0.5, 0.6) is 0 Å². The maximum absolute atomic E-state index is 6.09. The second-order valence-electron chi connectivity index (χ2n) is 7.78. The molecule has 2 atom stereocenters. The molecule has 1 saturated heterocycles. The third-order valence-electron chi connectivity index (χ3n) is 5.11. The van der Waals surface area contributed by atoms with Crippen molar-refractivity contribution in [2.24, 2.45) is 17.1 Å². The smallest absolute Gasteiger partial charge is 0.0369 e. The Labute approximate surface area is 130 Å². The number of benzene rings is 1. The molecule has 0 aromatic heterocycles. The molecule has 118 valence electrons. The minimum atomic E-state index is 0.284. The molecule has 1 heterocycles. The summed E-state index contributed by atoms with van der Waals surface area (Å²) in [6, 6.07) is 7.20. The van der Waals surface area contributed by atoms with E-state index in [0.29, 0.717) is 5.41 Å². The van der Waals surface area contributed by atoms with Gasteiger partial charge < -0.3 is 10.6 Å². The summed E-state index contributed by atoms with van der Waals surface area (Å²) in [6.07, 6.45) is 3.35. The summed E-state index contributed by atoms with van der Waals surface area (Å²) in [5.41, 5.74) is 10.7. The van der Waals surface area contributed by atoms with Crippen LogP contribution in [0.3, 0.4) is 0 Å². The van der Waals surface area contributed by atoms with E-state index in [4.69, 9.17) is 5.73 Å². The van der Waals surface area contributed by atoms with Crippen LogP contribution in [0.15, 0.2) is 18.2 Å². The van der Waals surface area contributed by atoms with Crippen LogP contribution < -0.4 is 10.6 Å². The van der Waals surface area contributed by atoms with Crippen LogP contribution in [0.1, 0.15) is 51.7 Å². The molecule has 2 heteroatoms. The van der Waals surface area contributed by atoms with E-state index in [0.717, 1.165) is 18.8 Å². The Balaban J connectivity index is 2.07.